The number of hydrogen-bond acceptors (Lipinski definition) is 5. The Morgan fingerprint density at radius 3 is 2.56 bits per heavy atom. The van der Waals surface area contributed by atoms with E-state index in [1.165, 1.54) is 12.1 Å². The van der Waals surface area contributed by atoms with E-state index in [-0.39, 0.29) is 44.1 Å². The van der Waals surface area contributed by atoms with Crippen LogP contribution in [0.2, 0.25) is 0 Å². The van der Waals surface area contributed by atoms with E-state index in [9.17, 15) is 18.7 Å². The van der Waals surface area contributed by atoms with Crippen molar-refractivity contribution in [3.8, 4) is 5.75 Å². The summed E-state index contributed by atoms with van der Waals surface area (Å²) in [6, 6.07) is 2.82. The minimum Gasteiger partial charge on any atom is -0.506 e. The average Bonchev–Trinajstić information content (AvgIpc) is 3.36. The van der Waals surface area contributed by atoms with Gasteiger partial charge < -0.3 is 20.0 Å². The predicted octanol–water partition coefficient (Wildman–Crippen LogP) is 5.07. The molecule has 0 radical (unpaired) electrons. The maximum absolute atomic E-state index is 12.6. The molecule has 0 atom stereocenters. The van der Waals surface area contributed by atoms with Crippen molar-refractivity contribution in [1.82, 2.24) is 0 Å². The zero-order valence-corrected chi connectivity index (χ0v) is 16.3. The molecule has 1 aromatic carbocycles. The number of rotatable bonds is 7. The maximum atomic E-state index is 12.6. The summed E-state index contributed by atoms with van der Waals surface area (Å²) < 4.78 is 34.8. The first-order valence-corrected chi connectivity index (χ1v) is 8.98. The molecule has 0 aromatic heterocycles. The minimum absolute atomic E-state index is 0.0258. The molecule has 5 nitrogen and oxygen atoms in total. The second-order valence-electron chi connectivity index (χ2n) is 5.25. The number of aliphatic hydroxyl groups is 1. The van der Waals surface area contributed by atoms with E-state index >= 15 is 0 Å². The van der Waals surface area contributed by atoms with Gasteiger partial charge >= 0.3 is 12.6 Å². The van der Waals surface area contributed by atoms with E-state index < -0.39 is 18.3 Å². The van der Waals surface area contributed by atoms with E-state index in [1.54, 1.807) is 6.92 Å². The normalized spacial score (nSPS) is 15.0. The lowest BCUT2D eigenvalue weighted by Gasteiger charge is -2.15. The summed E-state index contributed by atoms with van der Waals surface area (Å²) in [6.45, 7) is -1.38. The van der Waals surface area contributed by atoms with Gasteiger partial charge in [-0.15, -0.1) is 0 Å². The maximum Gasteiger partial charge on any atom is 0.387 e. The van der Waals surface area contributed by atoms with Gasteiger partial charge in [-0.1, -0.05) is 0 Å². The fourth-order valence-corrected chi connectivity index (χ4v) is 3.48. The highest BCUT2D eigenvalue weighted by atomic mass is 79.9. The predicted molar refractivity (Wildman–Crippen MR) is 95.1 cm³/mol. The van der Waals surface area contributed by atoms with Crippen LogP contribution in [0.15, 0.2) is 26.7 Å². The van der Waals surface area contributed by atoms with Crippen LogP contribution in [0, 0.1) is 11.3 Å². The molecule has 0 bridgehead atoms. The van der Waals surface area contributed by atoms with Gasteiger partial charge in [-0.3, -0.25) is 0 Å². The molecule has 1 saturated carbocycles. The van der Waals surface area contributed by atoms with Gasteiger partial charge in [-0.25, -0.2) is 4.79 Å². The Kier molecular flexibility index (Phi) is 6.56. The summed E-state index contributed by atoms with van der Waals surface area (Å²) in [6.07, 6.45) is 1.49. The molecule has 0 spiro atoms. The molecule has 9 heteroatoms. The van der Waals surface area contributed by atoms with E-state index in [1.807, 2.05) is 0 Å². The van der Waals surface area contributed by atoms with Crippen LogP contribution < -0.4 is 4.74 Å². The Labute approximate surface area is 159 Å². The van der Waals surface area contributed by atoms with Crippen LogP contribution in [0.5, 0.6) is 5.75 Å². The number of aliphatic hydroxyl groups excluding tert-OH is 1. The summed E-state index contributed by atoms with van der Waals surface area (Å²) in [7, 11) is 0. The van der Waals surface area contributed by atoms with Gasteiger partial charge in [0.05, 0.1) is 21.3 Å². The van der Waals surface area contributed by atoms with Crippen LogP contribution in [0.3, 0.4) is 0 Å². The van der Waals surface area contributed by atoms with Crippen molar-refractivity contribution in [3.05, 3.63) is 32.2 Å². The summed E-state index contributed by atoms with van der Waals surface area (Å²) in [5.41, 5.74) is -0.246. The van der Waals surface area contributed by atoms with Crippen molar-refractivity contribution in [3.63, 3.8) is 0 Å². The lowest BCUT2D eigenvalue weighted by molar-refractivity contribution is -0.137. The fraction of sp³-hybridized carbons (Fsp3) is 0.375. The van der Waals surface area contributed by atoms with E-state index in [2.05, 4.69) is 36.6 Å². The first-order valence-electron chi connectivity index (χ1n) is 7.40. The lowest BCUT2D eigenvalue weighted by Crippen LogP contribution is -2.19. The molecule has 1 aromatic rings. The molecule has 0 unspecified atom stereocenters. The Hall–Kier alpha value is -1.48. The molecule has 0 heterocycles. The topological polar surface area (TPSA) is 79.6 Å². The number of halogens is 4. The van der Waals surface area contributed by atoms with Crippen LogP contribution in [0.4, 0.5) is 8.78 Å². The smallest absolute Gasteiger partial charge is 0.387 e. The van der Waals surface area contributed by atoms with E-state index in [0.717, 1.165) is 12.8 Å². The van der Waals surface area contributed by atoms with Crippen LogP contribution in [0.1, 0.15) is 25.3 Å². The van der Waals surface area contributed by atoms with E-state index in [4.69, 9.17) is 10.1 Å². The summed E-state index contributed by atoms with van der Waals surface area (Å²) in [5.74, 6) is -1.69. The van der Waals surface area contributed by atoms with Gasteiger partial charge in [0.1, 0.15) is 11.3 Å². The largest absolute Gasteiger partial charge is 0.506 e. The standard InChI is InChI=1S/C16H15Br2F2NO4/c1-2-24-15(23)10(12(21)7-3-4-7)13(22)8-5-6-9(17)14(11(8)18)25-16(19)20/h5-7,16,21-22H,2-4H2,1H3. The Balaban J connectivity index is 2.56. The summed E-state index contributed by atoms with van der Waals surface area (Å²) in [5, 5.41) is 18.7. The molecule has 0 saturated heterocycles. The highest BCUT2D eigenvalue weighted by molar-refractivity contribution is 9.11. The number of ether oxygens (including phenoxy) is 2. The Morgan fingerprint density at radius 1 is 1.40 bits per heavy atom. The number of carbonyl (C=O) groups excluding carboxylic acids is 1. The zero-order valence-electron chi connectivity index (χ0n) is 13.1. The van der Waals surface area contributed by atoms with Crippen molar-refractivity contribution in [2.45, 2.75) is 26.4 Å². The molecule has 1 aliphatic rings. The molecule has 2 N–H and O–H groups in total. The van der Waals surface area contributed by atoms with Gasteiger partial charge in [0, 0.05) is 11.5 Å². The molecule has 136 valence electrons. The van der Waals surface area contributed by atoms with Crippen LogP contribution in [-0.4, -0.2) is 30.0 Å². The SMILES string of the molecule is CCOC(=O)C(C(=N)C1CC1)=C(O)c1ccc(Br)c(OC(F)F)c1Br. The highest BCUT2D eigenvalue weighted by Crippen LogP contribution is 2.41. The van der Waals surface area contributed by atoms with Crippen LogP contribution in [-0.2, 0) is 9.53 Å². The summed E-state index contributed by atoms with van der Waals surface area (Å²) >= 11 is 6.21. The third-order valence-electron chi connectivity index (χ3n) is 3.48. The third kappa shape index (κ3) is 4.58. The van der Waals surface area contributed by atoms with Crippen molar-refractivity contribution < 1.29 is 28.2 Å². The second-order valence-corrected chi connectivity index (χ2v) is 6.90. The van der Waals surface area contributed by atoms with Gasteiger partial charge in [0.2, 0.25) is 0 Å². The van der Waals surface area contributed by atoms with Gasteiger partial charge in [-0.05, 0) is 63.8 Å². The molecule has 25 heavy (non-hydrogen) atoms. The Morgan fingerprint density at radius 2 is 2.04 bits per heavy atom. The molecule has 1 aliphatic carbocycles. The monoisotopic (exact) mass is 481 g/mol. The van der Waals surface area contributed by atoms with Gasteiger partial charge in [-0.2, -0.15) is 8.78 Å². The zero-order chi connectivity index (χ0) is 18.7. The lowest BCUT2D eigenvalue weighted by atomic mass is 10.0. The first-order chi connectivity index (χ1) is 11.8. The highest BCUT2D eigenvalue weighted by Gasteiger charge is 2.35. The molecule has 2 rings (SSSR count). The van der Waals surface area contributed by atoms with Crippen LogP contribution in [0.25, 0.3) is 5.76 Å². The summed E-state index contributed by atoms with van der Waals surface area (Å²) in [4.78, 5) is 12.2. The fourth-order valence-electron chi connectivity index (χ4n) is 2.16. The number of benzene rings is 1. The molecular weight excluding hydrogens is 468 g/mol. The van der Waals surface area contributed by atoms with Crippen molar-refractivity contribution in [2.75, 3.05) is 6.61 Å². The Bertz CT molecular complexity index is 733. The van der Waals surface area contributed by atoms with Gasteiger partial charge in [0.15, 0.2) is 5.75 Å². The number of carbonyl (C=O) groups is 1. The number of hydrogen-bond donors (Lipinski definition) is 2. The van der Waals surface area contributed by atoms with Crippen molar-refractivity contribution in [1.29, 1.82) is 5.41 Å². The van der Waals surface area contributed by atoms with Crippen molar-refractivity contribution >= 4 is 49.3 Å². The molecule has 0 aliphatic heterocycles. The molecule has 0 amide bonds. The first kappa shape index (κ1) is 19.8. The third-order valence-corrected chi connectivity index (χ3v) is 4.89. The van der Waals surface area contributed by atoms with Crippen LogP contribution >= 0.6 is 31.9 Å². The van der Waals surface area contributed by atoms with Crippen molar-refractivity contribution in [2.24, 2.45) is 5.92 Å². The molecular formula is C16H15Br2F2NO4. The second kappa shape index (κ2) is 8.27. The number of nitrogens with one attached hydrogen (secondary N) is 1. The minimum atomic E-state index is -3.07. The molecule has 1 fully saturated rings. The number of alkyl halides is 2. The number of esters is 1. The van der Waals surface area contributed by atoms with Gasteiger partial charge in [0.25, 0.3) is 0 Å². The average molecular weight is 483 g/mol. The van der Waals surface area contributed by atoms with E-state index in [0.29, 0.717) is 0 Å². The quantitative estimate of drug-likeness (QED) is 0.246.